The van der Waals surface area contributed by atoms with Crippen molar-refractivity contribution in [1.29, 1.82) is 0 Å². The first kappa shape index (κ1) is 23.4. The summed E-state index contributed by atoms with van der Waals surface area (Å²) in [5, 5.41) is 9.27. The Morgan fingerprint density at radius 1 is 1.00 bits per heavy atom. The molecule has 166 valence electrons. The number of rotatable bonds is 8. The lowest BCUT2D eigenvalue weighted by molar-refractivity contribution is -0.131. The Balaban J connectivity index is 1.80. The van der Waals surface area contributed by atoms with Crippen LogP contribution in [0.25, 0.3) is 0 Å². The van der Waals surface area contributed by atoms with Gasteiger partial charge in [-0.15, -0.1) is 0 Å². The molecule has 3 aromatic rings. The molecule has 1 aromatic heterocycles. The Bertz CT molecular complexity index is 1200. The fourth-order valence-corrected chi connectivity index (χ4v) is 3.55. The smallest absolute Gasteiger partial charge is 0.335 e. The zero-order valence-electron chi connectivity index (χ0n) is 17.0. The number of aromatic nitrogens is 1. The predicted octanol–water partition coefficient (Wildman–Crippen LogP) is 4.60. The number of ether oxygens (including phenoxy) is 2. The maximum Gasteiger partial charge on any atom is 0.335 e. The molecular formula is C23H19Cl2NO6. The second kappa shape index (κ2) is 10.3. The summed E-state index contributed by atoms with van der Waals surface area (Å²) in [4.78, 5) is 34.8. The lowest BCUT2D eigenvalue weighted by Gasteiger charge is -2.16. The van der Waals surface area contributed by atoms with Crippen molar-refractivity contribution in [1.82, 2.24) is 4.57 Å². The van der Waals surface area contributed by atoms with Gasteiger partial charge >= 0.3 is 11.9 Å². The highest BCUT2D eigenvalue weighted by atomic mass is 35.5. The van der Waals surface area contributed by atoms with Crippen molar-refractivity contribution < 1.29 is 24.2 Å². The molecule has 0 radical (unpaired) electrons. The van der Waals surface area contributed by atoms with Crippen LogP contribution >= 0.6 is 23.2 Å². The standard InChI is InChI=1S/C23H19Cl2NO6/c1-14(27)32-18-4-2-3-17(11-18)31-13-21-19(24)12-20(25)22(28)26(21)10-9-15-5-7-16(8-6-15)23(29)30/h2-8,11-12H,9-10,13H2,1H3,(H,29,30). The Labute approximate surface area is 193 Å². The fourth-order valence-electron chi connectivity index (χ4n) is 3.02. The van der Waals surface area contributed by atoms with Gasteiger partial charge in [-0.3, -0.25) is 9.59 Å². The van der Waals surface area contributed by atoms with Gasteiger partial charge in [-0.1, -0.05) is 41.4 Å². The van der Waals surface area contributed by atoms with Crippen molar-refractivity contribution in [2.45, 2.75) is 26.5 Å². The molecule has 0 aliphatic carbocycles. The Kier molecular flexibility index (Phi) is 7.56. The van der Waals surface area contributed by atoms with Crippen LogP contribution in [-0.4, -0.2) is 21.6 Å². The van der Waals surface area contributed by atoms with Gasteiger partial charge in [0, 0.05) is 19.5 Å². The van der Waals surface area contributed by atoms with Crippen molar-refractivity contribution in [3.05, 3.63) is 91.8 Å². The van der Waals surface area contributed by atoms with E-state index >= 15 is 0 Å². The van der Waals surface area contributed by atoms with Gasteiger partial charge in [0.1, 0.15) is 23.1 Å². The lowest BCUT2D eigenvalue weighted by atomic mass is 10.1. The van der Waals surface area contributed by atoms with Crippen LogP contribution in [-0.2, 0) is 24.4 Å². The van der Waals surface area contributed by atoms with Gasteiger partial charge in [0.15, 0.2) is 0 Å². The molecule has 0 spiro atoms. The molecule has 7 nitrogen and oxygen atoms in total. The molecule has 0 saturated carbocycles. The van der Waals surface area contributed by atoms with Crippen LogP contribution < -0.4 is 15.0 Å². The number of carbonyl (C=O) groups is 2. The van der Waals surface area contributed by atoms with Gasteiger partial charge in [-0.05, 0) is 42.3 Å². The summed E-state index contributed by atoms with van der Waals surface area (Å²) in [6, 6.07) is 14.3. The van der Waals surface area contributed by atoms with E-state index in [2.05, 4.69) is 0 Å². The van der Waals surface area contributed by atoms with Crippen molar-refractivity contribution in [2.24, 2.45) is 0 Å². The number of halogens is 2. The van der Waals surface area contributed by atoms with Gasteiger partial charge in [0.2, 0.25) is 0 Å². The largest absolute Gasteiger partial charge is 0.487 e. The number of hydrogen-bond donors (Lipinski definition) is 1. The molecule has 0 unspecified atom stereocenters. The minimum absolute atomic E-state index is 0.0168. The number of pyridine rings is 1. The zero-order valence-corrected chi connectivity index (χ0v) is 18.5. The van der Waals surface area contributed by atoms with E-state index in [1.54, 1.807) is 36.4 Å². The van der Waals surface area contributed by atoms with Crippen LogP contribution in [0.1, 0.15) is 28.5 Å². The van der Waals surface area contributed by atoms with E-state index in [0.29, 0.717) is 23.6 Å². The van der Waals surface area contributed by atoms with Crippen molar-refractivity contribution in [2.75, 3.05) is 0 Å². The maximum atomic E-state index is 12.7. The van der Waals surface area contributed by atoms with Crippen LogP contribution in [0.15, 0.2) is 59.4 Å². The zero-order chi connectivity index (χ0) is 23.3. The highest BCUT2D eigenvalue weighted by molar-refractivity contribution is 6.34. The quantitative estimate of drug-likeness (QED) is 0.377. The van der Waals surface area contributed by atoms with Crippen LogP contribution in [0.4, 0.5) is 0 Å². The average molecular weight is 476 g/mol. The Morgan fingerprint density at radius 2 is 1.69 bits per heavy atom. The molecule has 2 aromatic carbocycles. The second-order valence-corrected chi connectivity index (χ2v) is 7.67. The summed E-state index contributed by atoms with van der Waals surface area (Å²) in [7, 11) is 0. The summed E-state index contributed by atoms with van der Waals surface area (Å²) in [5.41, 5.74) is 1.05. The van der Waals surface area contributed by atoms with Crippen LogP contribution in [0.5, 0.6) is 11.5 Å². The molecule has 0 saturated heterocycles. The van der Waals surface area contributed by atoms with Crippen molar-refractivity contribution in [3.8, 4) is 11.5 Å². The third-order valence-electron chi connectivity index (χ3n) is 4.57. The van der Waals surface area contributed by atoms with E-state index in [1.165, 1.54) is 29.7 Å². The molecule has 3 rings (SSSR count). The van der Waals surface area contributed by atoms with E-state index in [0.717, 1.165) is 5.56 Å². The fraction of sp³-hybridized carbons (Fsp3) is 0.174. The second-order valence-electron chi connectivity index (χ2n) is 6.85. The minimum atomic E-state index is -1.01. The van der Waals surface area contributed by atoms with Crippen molar-refractivity contribution >= 4 is 35.1 Å². The molecule has 0 amide bonds. The van der Waals surface area contributed by atoms with E-state index in [1.807, 2.05) is 0 Å². The number of benzene rings is 2. The predicted molar refractivity (Wildman–Crippen MR) is 120 cm³/mol. The SMILES string of the molecule is CC(=O)Oc1cccc(OCc2c(Cl)cc(Cl)c(=O)n2CCc2ccc(C(=O)O)cc2)c1. The molecular weight excluding hydrogens is 457 g/mol. The summed E-state index contributed by atoms with van der Waals surface area (Å²) in [5.74, 6) is -0.697. The van der Waals surface area contributed by atoms with Gasteiger partial charge in [0.25, 0.3) is 5.56 Å². The maximum absolute atomic E-state index is 12.7. The summed E-state index contributed by atoms with van der Waals surface area (Å²) in [6.45, 7) is 1.54. The number of aromatic carboxylic acids is 1. The van der Waals surface area contributed by atoms with E-state index in [-0.39, 0.29) is 28.8 Å². The molecule has 1 N–H and O–H groups in total. The lowest BCUT2D eigenvalue weighted by Crippen LogP contribution is -2.26. The Morgan fingerprint density at radius 3 is 2.34 bits per heavy atom. The third kappa shape index (κ3) is 5.90. The number of carbonyl (C=O) groups excluding carboxylic acids is 1. The van der Waals surface area contributed by atoms with Gasteiger partial charge < -0.3 is 19.1 Å². The number of esters is 1. The normalized spacial score (nSPS) is 10.6. The van der Waals surface area contributed by atoms with Crippen LogP contribution in [0, 0.1) is 0 Å². The van der Waals surface area contributed by atoms with E-state index < -0.39 is 17.5 Å². The van der Waals surface area contributed by atoms with Gasteiger partial charge in [-0.2, -0.15) is 0 Å². The highest BCUT2D eigenvalue weighted by Gasteiger charge is 2.14. The minimum Gasteiger partial charge on any atom is -0.487 e. The van der Waals surface area contributed by atoms with Gasteiger partial charge in [0.05, 0.1) is 16.3 Å². The molecule has 0 fully saturated rings. The summed E-state index contributed by atoms with van der Waals surface area (Å²) >= 11 is 12.4. The molecule has 0 aliphatic rings. The average Bonchev–Trinajstić information content (AvgIpc) is 2.74. The summed E-state index contributed by atoms with van der Waals surface area (Å²) in [6.07, 6.45) is 0.450. The number of nitrogens with zero attached hydrogens (tertiary/aromatic N) is 1. The highest BCUT2D eigenvalue weighted by Crippen LogP contribution is 2.24. The van der Waals surface area contributed by atoms with Crippen molar-refractivity contribution in [3.63, 3.8) is 0 Å². The Hall–Kier alpha value is -3.29. The number of aryl methyl sites for hydroxylation is 1. The first-order valence-corrected chi connectivity index (χ1v) is 10.3. The molecule has 0 aliphatic heterocycles. The van der Waals surface area contributed by atoms with Gasteiger partial charge in [-0.25, -0.2) is 4.79 Å². The molecule has 1 heterocycles. The number of carboxylic acid groups (broad SMARTS) is 1. The first-order chi connectivity index (χ1) is 15.2. The monoisotopic (exact) mass is 475 g/mol. The van der Waals surface area contributed by atoms with E-state index in [9.17, 15) is 14.4 Å². The first-order valence-electron chi connectivity index (χ1n) is 9.56. The molecule has 0 atom stereocenters. The molecule has 0 bridgehead atoms. The van der Waals surface area contributed by atoms with Crippen LogP contribution in [0.3, 0.4) is 0 Å². The molecule has 9 heteroatoms. The third-order valence-corrected chi connectivity index (χ3v) is 5.17. The summed E-state index contributed by atoms with van der Waals surface area (Å²) < 4.78 is 12.3. The van der Waals surface area contributed by atoms with E-state index in [4.69, 9.17) is 37.8 Å². The number of hydrogen-bond acceptors (Lipinski definition) is 5. The topological polar surface area (TPSA) is 94.8 Å². The molecule has 32 heavy (non-hydrogen) atoms. The number of carboxylic acids is 1. The van der Waals surface area contributed by atoms with Crippen LogP contribution in [0.2, 0.25) is 10.0 Å².